The van der Waals surface area contributed by atoms with Crippen molar-refractivity contribution in [3.63, 3.8) is 0 Å². The van der Waals surface area contributed by atoms with Crippen LogP contribution >= 0.6 is 23.2 Å². The Hall–Kier alpha value is -1.71. The Balaban J connectivity index is 1.93. The third kappa shape index (κ3) is 2.85. The van der Waals surface area contributed by atoms with Crippen molar-refractivity contribution in [3.05, 3.63) is 52.0 Å². The molecule has 0 aromatic heterocycles. The van der Waals surface area contributed by atoms with Crippen molar-refractivity contribution < 1.29 is 14.6 Å². The van der Waals surface area contributed by atoms with Crippen LogP contribution in [-0.4, -0.2) is 17.2 Å². The van der Waals surface area contributed by atoms with Gasteiger partial charge < -0.3 is 9.84 Å². The fourth-order valence-electron chi connectivity index (χ4n) is 2.42. The summed E-state index contributed by atoms with van der Waals surface area (Å²) >= 11 is 12.0. The van der Waals surface area contributed by atoms with Gasteiger partial charge in [0.15, 0.2) is 6.10 Å². The number of hydrogen-bond donors (Lipinski definition) is 1. The molecule has 0 fully saturated rings. The zero-order chi connectivity index (χ0) is 15.0. The monoisotopic (exact) mass is 322 g/mol. The first-order valence-corrected chi connectivity index (χ1v) is 7.28. The predicted molar refractivity (Wildman–Crippen MR) is 82.3 cm³/mol. The second-order valence-corrected chi connectivity index (χ2v) is 5.75. The summed E-state index contributed by atoms with van der Waals surface area (Å²) in [5.41, 5.74) is 2.98. The molecule has 1 heterocycles. The smallest absolute Gasteiger partial charge is 0.344 e. The molecule has 1 atom stereocenters. The molecule has 2 aromatic rings. The SMILES string of the molecule is O=C(O)C1CCc2cc(-c3ccc(Cl)c(Cl)c3)ccc2O1. The molecule has 0 saturated carbocycles. The quantitative estimate of drug-likeness (QED) is 0.889. The van der Waals surface area contributed by atoms with Crippen LogP contribution in [0.1, 0.15) is 12.0 Å². The second kappa shape index (κ2) is 5.58. The number of carbonyl (C=O) groups is 1. The Kier molecular flexibility index (Phi) is 3.79. The number of ether oxygens (including phenoxy) is 1. The van der Waals surface area contributed by atoms with Gasteiger partial charge in [0.2, 0.25) is 0 Å². The lowest BCUT2D eigenvalue weighted by molar-refractivity contribution is -0.145. The van der Waals surface area contributed by atoms with Crippen LogP contribution in [0.25, 0.3) is 11.1 Å². The van der Waals surface area contributed by atoms with Gasteiger partial charge in [-0.15, -0.1) is 0 Å². The fraction of sp³-hybridized carbons (Fsp3) is 0.188. The van der Waals surface area contributed by atoms with Crippen molar-refractivity contribution >= 4 is 29.2 Å². The average Bonchev–Trinajstić information content (AvgIpc) is 2.49. The van der Waals surface area contributed by atoms with Crippen LogP contribution < -0.4 is 4.74 Å². The lowest BCUT2D eigenvalue weighted by Crippen LogP contribution is -2.30. The molecule has 3 rings (SSSR count). The van der Waals surface area contributed by atoms with Gasteiger partial charge in [0.05, 0.1) is 10.0 Å². The summed E-state index contributed by atoms with van der Waals surface area (Å²) in [6.07, 6.45) is 0.405. The highest BCUT2D eigenvalue weighted by Gasteiger charge is 2.25. The Bertz CT molecular complexity index is 713. The highest BCUT2D eigenvalue weighted by molar-refractivity contribution is 6.42. The standard InChI is InChI=1S/C16H12Cl2O3/c17-12-4-1-10(8-13(12)18)9-2-5-14-11(7-9)3-6-15(21-14)16(19)20/h1-2,4-5,7-8,15H,3,6H2,(H,19,20). The van der Waals surface area contributed by atoms with E-state index < -0.39 is 12.1 Å². The molecule has 1 aliphatic rings. The average molecular weight is 323 g/mol. The van der Waals surface area contributed by atoms with E-state index in [1.165, 1.54) is 0 Å². The summed E-state index contributed by atoms with van der Waals surface area (Å²) in [6.45, 7) is 0. The number of rotatable bonds is 2. The van der Waals surface area contributed by atoms with Gasteiger partial charge in [-0.25, -0.2) is 4.79 Å². The molecule has 1 aliphatic heterocycles. The largest absolute Gasteiger partial charge is 0.479 e. The molecule has 2 aromatic carbocycles. The van der Waals surface area contributed by atoms with E-state index in [-0.39, 0.29) is 0 Å². The molecule has 0 saturated heterocycles. The molecule has 1 N–H and O–H groups in total. The highest BCUT2D eigenvalue weighted by Crippen LogP contribution is 2.34. The van der Waals surface area contributed by atoms with E-state index in [9.17, 15) is 4.79 Å². The highest BCUT2D eigenvalue weighted by atomic mass is 35.5. The van der Waals surface area contributed by atoms with Crippen LogP contribution in [0.3, 0.4) is 0 Å². The summed E-state index contributed by atoms with van der Waals surface area (Å²) in [6, 6.07) is 11.2. The Morgan fingerprint density at radius 3 is 2.52 bits per heavy atom. The number of aliphatic carboxylic acids is 1. The summed E-state index contributed by atoms with van der Waals surface area (Å²) in [5.74, 6) is -0.285. The molecule has 3 nitrogen and oxygen atoms in total. The maximum absolute atomic E-state index is 11.0. The molecule has 0 amide bonds. The summed E-state index contributed by atoms with van der Waals surface area (Å²) < 4.78 is 5.48. The van der Waals surface area contributed by atoms with Crippen molar-refractivity contribution in [2.24, 2.45) is 0 Å². The Morgan fingerprint density at radius 1 is 1.10 bits per heavy atom. The van der Waals surface area contributed by atoms with Crippen molar-refractivity contribution in [2.45, 2.75) is 18.9 Å². The van der Waals surface area contributed by atoms with Gasteiger partial charge in [-0.3, -0.25) is 0 Å². The molecule has 5 heteroatoms. The van der Waals surface area contributed by atoms with Crippen LogP contribution in [0.4, 0.5) is 0 Å². The minimum atomic E-state index is -0.922. The molecular weight excluding hydrogens is 311 g/mol. The normalized spacial score (nSPS) is 17.0. The van der Waals surface area contributed by atoms with Gasteiger partial charge >= 0.3 is 5.97 Å². The number of carboxylic acids is 1. The molecule has 0 aliphatic carbocycles. The number of hydrogen-bond acceptors (Lipinski definition) is 2. The Labute approximate surface area is 132 Å². The van der Waals surface area contributed by atoms with Crippen LogP contribution in [-0.2, 0) is 11.2 Å². The van der Waals surface area contributed by atoms with Gasteiger partial charge in [-0.1, -0.05) is 35.3 Å². The first kappa shape index (κ1) is 14.2. The van der Waals surface area contributed by atoms with E-state index >= 15 is 0 Å². The molecule has 1 unspecified atom stereocenters. The third-order valence-electron chi connectivity index (χ3n) is 3.53. The number of carboxylic acid groups (broad SMARTS) is 1. The maximum Gasteiger partial charge on any atom is 0.344 e. The van der Waals surface area contributed by atoms with Crippen molar-refractivity contribution in [2.75, 3.05) is 0 Å². The minimum Gasteiger partial charge on any atom is -0.479 e. The van der Waals surface area contributed by atoms with Crippen LogP contribution in [0.2, 0.25) is 10.0 Å². The van der Waals surface area contributed by atoms with Gasteiger partial charge in [0, 0.05) is 0 Å². The molecule has 108 valence electrons. The fourth-order valence-corrected chi connectivity index (χ4v) is 2.72. The number of halogens is 2. The van der Waals surface area contributed by atoms with Crippen LogP contribution in [0, 0.1) is 0 Å². The molecule has 0 spiro atoms. The lowest BCUT2D eigenvalue weighted by Gasteiger charge is -2.23. The summed E-state index contributed by atoms with van der Waals surface area (Å²) in [5, 5.41) is 10.0. The first-order chi connectivity index (χ1) is 10.0. The Morgan fingerprint density at radius 2 is 1.81 bits per heavy atom. The maximum atomic E-state index is 11.0. The molecule has 0 bridgehead atoms. The van der Waals surface area contributed by atoms with Crippen LogP contribution in [0.5, 0.6) is 5.75 Å². The van der Waals surface area contributed by atoms with Crippen LogP contribution in [0.15, 0.2) is 36.4 Å². The minimum absolute atomic E-state index is 0.479. The number of benzene rings is 2. The van der Waals surface area contributed by atoms with E-state index in [1.807, 2.05) is 30.3 Å². The zero-order valence-corrected chi connectivity index (χ0v) is 12.5. The number of fused-ring (bicyclic) bond motifs is 1. The van der Waals surface area contributed by atoms with E-state index in [2.05, 4.69) is 0 Å². The van der Waals surface area contributed by atoms with Crippen molar-refractivity contribution in [3.8, 4) is 16.9 Å². The first-order valence-electron chi connectivity index (χ1n) is 6.52. The third-order valence-corrected chi connectivity index (χ3v) is 4.27. The van der Waals surface area contributed by atoms with Gasteiger partial charge in [-0.2, -0.15) is 0 Å². The molecular formula is C16H12Cl2O3. The van der Waals surface area contributed by atoms with Crippen molar-refractivity contribution in [1.82, 2.24) is 0 Å². The van der Waals surface area contributed by atoms with Gasteiger partial charge in [0.1, 0.15) is 5.75 Å². The van der Waals surface area contributed by atoms with E-state index in [0.717, 1.165) is 16.7 Å². The summed E-state index contributed by atoms with van der Waals surface area (Å²) in [7, 11) is 0. The molecule has 0 radical (unpaired) electrons. The second-order valence-electron chi connectivity index (χ2n) is 4.93. The van der Waals surface area contributed by atoms with E-state index in [4.69, 9.17) is 33.0 Å². The molecule has 21 heavy (non-hydrogen) atoms. The zero-order valence-electron chi connectivity index (χ0n) is 11.0. The van der Waals surface area contributed by atoms with E-state index in [0.29, 0.717) is 28.6 Å². The number of aryl methyl sites for hydroxylation is 1. The lowest BCUT2D eigenvalue weighted by atomic mass is 9.97. The van der Waals surface area contributed by atoms with Gasteiger partial charge in [-0.05, 0) is 53.8 Å². The predicted octanol–water partition coefficient (Wildman–Crippen LogP) is 4.44. The summed E-state index contributed by atoms with van der Waals surface area (Å²) in [4.78, 5) is 11.0. The van der Waals surface area contributed by atoms with E-state index in [1.54, 1.807) is 6.07 Å². The topological polar surface area (TPSA) is 46.5 Å². The van der Waals surface area contributed by atoms with Crippen molar-refractivity contribution in [1.29, 1.82) is 0 Å². The van der Waals surface area contributed by atoms with Gasteiger partial charge in [0.25, 0.3) is 0 Å².